The number of nitrogens with zero attached hydrogens (tertiary/aromatic N) is 4. The molecule has 0 saturated heterocycles. The molecule has 6 nitrogen and oxygen atoms in total. The Morgan fingerprint density at radius 2 is 1.81 bits per heavy atom. The van der Waals surface area contributed by atoms with Crippen molar-refractivity contribution in [3.05, 3.63) is 65.5 Å². The summed E-state index contributed by atoms with van der Waals surface area (Å²) in [4.78, 5) is 19.2. The summed E-state index contributed by atoms with van der Waals surface area (Å²) in [5.74, 6) is -0.134. The van der Waals surface area contributed by atoms with Crippen LogP contribution in [0, 0.1) is 0 Å². The summed E-state index contributed by atoms with van der Waals surface area (Å²) >= 11 is 0. The van der Waals surface area contributed by atoms with Gasteiger partial charge in [-0.1, -0.05) is 30.3 Å². The molecule has 0 fully saturated rings. The maximum Gasteiger partial charge on any atom is 0.433 e. The molecule has 2 aliphatic rings. The van der Waals surface area contributed by atoms with Crippen LogP contribution >= 0.6 is 0 Å². The lowest BCUT2D eigenvalue weighted by atomic mass is 10.1. The molecule has 0 atom stereocenters. The van der Waals surface area contributed by atoms with Gasteiger partial charge in [0.25, 0.3) is 0 Å². The summed E-state index contributed by atoms with van der Waals surface area (Å²) in [7, 11) is 3.18. The largest absolute Gasteiger partial charge is 0.433 e. The molecule has 0 saturated carbocycles. The minimum atomic E-state index is -4.64. The number of aromatic nitrogens is 2. The number of hydrogen-bond acceptors (Lipinski definition) is 4. The predicted molar refractivity (Wildman–Crippen MR) is 110 cm³/mol. The number of carbonyl (C=O) groups is 1. The monoisotopic (exact) mass is 434 g/mol. The molecule has 0 unspecified atom stereocenters. The van der Waals surface area contributed by atoms with Gasteiger partial charge in [0.05, 0.1) is 6.61 Å². The first-order valence-electron chi connectivity index (χ1n) is 9.83. The zero-order valence-corrected chi connectivity index (χ0v) is 17.4. The third kappa shape index (κ3) is 5.42. The van der Waals surface area contributed by atoms with Crippen LogP contribution in [0.1, 0.15) is 16.8 Å². The van der Waals surface area contributed by atoms with Gasteiger partial charge in [0.2, 0.25) is 5.91 Å². The van der Waals surface area contributed by atoms with Crippen molar-refractivity contribution in [2.75, 3.05) is 27.2 Å². The molecule has 1 aromatic rings. The summed E-state index contributed by atoms with van der Waals surface area (Å²) in [6.07, 6.45) is -3.09. The Morgan fingerprint density at radius 3 is 2.42 bits per heavy atom. The molecular formula is C22H25F3N4O2. The molecule has 1 aromatic carbocycles. The Hall–Kier alpha value is -2.91. The highest BCUT2D eigenvalue weighted by Crippen LogP contribution is 2.39. The number of carbonyl (C=O) groups excluding carboxylic acids is 1. The van der Waals surface area contributed by atoms with Crippen molar-refractivity contribution in [1.82, 2.24) is 19.4 Å². The highest BCUT2D eigenvalue weighted by atomic mass is 19.4. The number of benzene rings is 1. The van der Waals surface area contributed by atoms with Gasteiger partial charge in [-0.05, 0) is 17.7 Å². The molecule has 0 aliphatic carbocycles. The van der Waals surface area contributed by atoms with Crippen molar-refractivity contribution in [3.8, 4) is 11.4 Å². The molecular weight excluding hydrogens is 409 g/mol. The first-order valence-corrected chi connectivity index (χ1v) is 9.83. The van der Waals surface area contributed by atoms with Crippen LogP contribution < -0.4 is 0 Å². The topological polar surface area (TPSA) is 61.6 Å². The lowest BCUT2D eigenvalue weighted by Crippen LogP contribution is -2.27. The maximum atomic E-state index is 13.9. The van der Waals surface area contributed by atoms with Crippen molar-refractivity contribution in [2.24, 2.45) is 0 Å². The summed E-state index contributed by atoms with van der Waals surface area (Å²) in [6, 6.07) is 12.6. The number of aliphatic hydroxyl groups excluding tert-OH is 1. The number of alkyl halides is 3. The van der Waals surface area contributed by atoms with E-state index in [9.17, 15) is 23.1 Å². The molecule has 0 aromatic heterocycles. The fourth-order valence-corrected chi connectivity index (χ4v) is 3.43. The predicted octanol–water partition coefficient (Wildman–Crippen LogP) is 3.09. The Bertz CT molecular complexity index is 986. The molecule has 2 aliphatic heterocycles. The summed E-state index contributed by atoms with van der Waals surface area (Å²) < 4.78 is 43.0. The van der Waals surface area contributed by atoms with Crippen molar-refractivity contribution >= 4 is 5.91 Å². The van der Waals surface area contributed by atoms with E-state index in [1.165, 1.54) is 9.47 Å². The number of pyridine rings is 1. The quantitative estimate of drug-likeness (QED) is 0.592. The van der Waals surface area contributed by atoms with Crippen molar-refractivity contribution < 1.29 is 23.1 Å². The minimum Gasteiger partial charge on any atom is -0.395 e. The molecule has 1 N–H and O–H groups in total. The lowest BCUT2D eigenvalue weighted by molar-refractivity contribution is -0.141. The van der Waals surface area contributed by atoms with Crippen molar-refractivity contribution in [3.63, 3.8) is 0 Å². The first kappa shape index (κ1) is 22.8. The van der Waals surface area contributed by atoms with Crippen LogP contribution in [0.3, 0.4) is 0 Å². The van der Waals surface area contributed by atoms with E-state index in [0.29, 0.717) is 12.1 Å². The Morgan fingerprint density at radius 1 is 1.10 bits per heavy atom. The van der Waals surface area contributed by atoms with Gasteiger partial charge in [0.15, 0.2) is 5.69 Å². The second-order valence-corrected chi connectivity index (χ2v) is 7.52. The second-order valence-electron chi connectivity index (χ2n) is 7.52. The molecule has 0 bridgehead atoms. The molecule has 31 heavy (non-hydrogen) atoms. The van der Waals surface area contributed by atoms with Gasteiger partial charge < -0.3 is 14.6 Å². The number of likely N-dealkylation sites (N-methyl/N-ethyl adjacent to an activating group) is 1. The lowest BCUT2D eigenvalue weighted by Gasteiger charge is -2.23. The molecule has 2 heterocycles. The van der Waals surface area contributed by atoms with Gasteiger partial charge in [-0.2, -0.15) is 13.2 Å². The van der Waals surface area contributed by atoms with Crippen LogP contribution in [0.15, 0.2) is 48.7 Å². The fourth-order valence-electron chi connectivity index (χ4n) is 3.43. The molecule has 1 amide bonds. The maximum absolute atomic E-state index is 13.9. The Kier molecular flexibility index (Phi) is 6.97. The number of hydrogen-bond donors (Lipinski definition) is 1. The van der Waals surface area contributed by atoms with Gasteiger partial charge in [-0.15, -0.1) is 0 Å². The standard InChI is InChI=1S/C22H25F3N4O2/c1-27(2)19(31)15-29-10-6-9-17-18(20(22(23,24)25)26-21(17)29)14-28(11-12-30)13-16-7-4-3-5-8-16/h3-10,30H,11-15H2,1-2H3. The van der Waals surface area contributed by atoms with Crippen LogP contribution in [-0.2, 0) is 30.6 Å². The van der Waals surface area contributed by atoms with E-state index in [4.69, 9.17) is 0 Å². The van der Waals surface area contributed by atoms with Gasteiger partial charge >= 0.3 is 6.18 Å². The molecule has 3 rings (SSSR count). The van der Waals surface area contributed by atoms with Crippen LogP contribution in [0.4, 0.5) is 13.2 Å². The third-order valence-electron chi connectivity index (χ3n) is 4.99. The van der Waals surface area contributed by atoms with Gasteiger partial charge in [-0.25, -0.2) is 4.98 Å². The van der Waals surface area contributed by atoms with E-state index >= 15 is 0 Å². The number of amides is 1. The van der Waals surface area contributed by atoms with E-state index in [1.54, 1.807) is 37.3 Å². The van der Waals surface area contributed by atoms with E-state index in [0.717, 1.165) is 5.56 Å². The number of aliphatic hydroxyl groups is 1. The van der Waals surface area contributed by atoms with Gasteiger partial charge in [0.1, 0.15) is 12.4 Å². The first-order chi connectivity index (χ1) is 14.7. The Balaban J connectivity index is 1.99. The second kappa shape index (κ2) is 9.49. The average Bonchev–Trinajstić information content (AvgIpc) is 3.09. The van der Waals surface area contributed by atoms with Gasteiger partial charge in [-0.3, -0.25) is 9.69 Å². The molecule has 0 radical (unpaired) electrons. The summed E-state index contributed by atoms with van der Waals surface area (Å²) in [5, 5.41) is 9.46. The normalized spacial score (nSPS) is 12.0. The van der Waals surface area contributed by atoms with Crippen LogP contribution in [0.25, 0.3) is 11.4 Å². The SMILES string of the molecule is CN(C)C(=O)Cn1cccc2c(CN(CCO)Cc3ccccc3)c(C(F)(F)F)nc1-2. The summed E-state index contributed by atoms with van der Waals surface area (Å²) in [6.45, 7) is 0.272. The van der Waals surface area contributed by atoms with Gasteiger partial charge in [0, 0.05) is 51.1 Å². The van der Waals surface area contributed by atoms with Crippen molar-refractivity contribution in [1.29, 1.82) is 0 Å². The zero-order valence-electron chi connectivity index (χ0n) is 17.4. The van der Waals surface area contributed by atoms with E-state index in [1.807, 2.05) is 30.3 Å². The van der Waals surface area contributed by atoms with Crippen molar-refractivity contribution in [2.45, 2.75) is 25.8 Å². The highest BCUT2D eigenvalue weighted by molar-refractivity contribution is 5.76. The Labute approximate surface area is 178 Å². The summed E-state index contributed by atoms with van der Waals surface area (Å²) in [5.41, 5.74) is 0.353. The molecule has 0 spiro atoms. The number of rotatable bonds is 8. The van der Waals surface area contributed by atoms with E-state index in [2.05, 4.69) is 4.98 Å². The minimum absolute atomic E-state index is 0.0353. The average molecular weight is 434 g/mol. The van der Waals surface area contributed by atoms with Crippen LogP contribution in [0.5, 0.6) is 0 Å². The van der Waals surface area contributed by atoms with Crippen LogP contribution in [0.2, 0.25) is 0 Å². The zero-order chi connectivity index (χ0) is 22.6. The van der Waals surface area contributed by atoms with E-state index < -0.39 is 11.9 Å². The molecule has 9 heteroatoms. The number of halogens is 3. The van der Waals surface area contributed by atoms with E-state index in [-0.39, 0.29) is 43.5 Å². The number of fused-ring (bicyclic) bond motifs is 1. The molecule has 166 valence electrons. The smallest absolute Gasteiger partial charge is 0.395 e. The third-order valence-corrected chi connectivity index (χ3v) is 4.99. The fraction of sp³-hybridized carbons (Fsp3) is 0.364. The highest BCUT2D eigenvalue weighted by Gasteiger charge is 2.40. The van der Waals surface area contributed by atoms with Crippen LogP contribution in [-0.4, -0.2) is 57.6 Å².